The number of quaternary nitrogens is 1. The van der Waals surface area contributed by atoms with E-state index in [2.05, 4.69) is 13.8 Å². The summed E-state index contributed by atoms with van der Waals surface area (Å²) in [6, 6.07) is 0. The van der Waals surface area contributed by atoms with Crippen molar-refractivity contribution in [2.45, 2.75) is 231 Å². The molecule has 0 aromatic rings. The molecular formula is C39H79NO7S. The van der Waals surface area contributed by atoms with Crippen LogP contribution in [0.15, 0.2) is 0 Å². The van der Waals surface area contributed by atoms with Gasteiger partial charge in [-0.25, -0.2) is 8.42 Å². The second kappa shape index (κ2) is 34.6. The number of hydrogen-bond acceptors (Lipinski definition) is 7. The molecule has 0 aromatic heterocycles. The highest BCUT2D eigenvalue weighted by atomic mass is 32.3. The standard InChI is InChI=1S/C39H76O7S.H3N/c1-3-5-7-9-11-13-15-17-19-21-23-25-27-29-37(41)31-33-39(35-36-40,46-47(43,44)45)34-32-38(42)30-28-26-24-22-20-18-16-14-12-10-8-6-4-2;/h40H,3-36H2,1-2H3,(H,43,44,45);1H3. The summed E-state index contributed by atoms with van der Waals surface area (Å²) in [5, 5.41) is 9.65. The highest BCUT2D eigenvalue weighted by Gasteiger charge is 2.34. The first-order valence-corrected chi connectivity index (χ1v) is 21.3. The molecule has 48 heavy (non-hydrogen) atoms. The van der Waals surface area contributed by atoms with Crippen LogP contribution < -0.4 is 6.15 Å². The molecule has 288 valence electrons. The summed E-state index contributed by atoms with van der Waals surface area (Å²) in [6.45, 7) is 4.09. The van der Waals surface area contributed by atoms with E-state index in [1.807, 2.05) is 0 Å². The molecule has 0 heterocycles. The molecule has 0 atom stereocenters. The fraction of sp³-hybridized carbons (Fsp3) is 0.949. The van der Waals surface area contributed by atoms with Crippen LogP contribution in [0.3, 0.4) is 0 Å². The van der Waals surface area contributed by atoms with E-state index < -0.39 is 22.6 Å². The first-order chi connectivity index (χ1) is 22.7. The molecule has 0 aliphatic rings. The number of aliphatic hydroxyl groups is 1. The molecule has 0 fully saturated rings. The van der Waals surface area contributed by atoms with Gasteiger partial charge in [-0.3, -0.25) is 13.8 Å². The van der Waals surface area contributed by atoms with Gasteiger partial charge in [0.15, 0.2) is 0 Å². The molecule has 0 unspecified atom stereocenters. The molecule has 0 radical (unpaired) electrons. The Kier molecular flexibility index (Phi) is 35.5. The van der Waals surface area contributed by atoms with Crippen molar-refractivity contribution in [3.05, 3.63) is 0 Å². The second-order valence-electron chi connectivity index (χ2n) is 14.2. The minimum Gasteiger partial charge on any atom is -0.726 e. The van der Waals surface area contributed by atoms with Crippen molar-refractivity contribution in [3.8, 4) is 0 Å². The van der Waals surface area contributed by atoms with Crippen LogP contribution in [0.4, 0.5) is 0 Å². The molecule has 8 nitrogen and oxygen atoms in total. The Morgan fingerprint density at radius 1 is 0.500 bits per heavy atom. The lowest BCUT2D eigenvalue weighted by atomic mass is 9.86. The topological polar surface area (TPSA) is 157 Å². The van der Waals surface area contributed by atoms with Crippen LogP contribution in [0.5, 0.6) is 0 Å². The maximum absolute atomic E-state index is 12.6. The van der Waals surface area contributed by atoms with Gasteiger partial charge in [-0.1, -0.05) is 168 Å². The summed E-state index contributed by atoms with van der Waals surface area (Å²) in [7, 11) is -5.07. The number of hydrogen-bond donors (Lipinski definition) is 2. The molecule has 0 saturated heterocycles. The van der Waals surface area contributed by atoms with Crippen LogP contribution in [-0.2, 0) is 24.2 Å². The lowest BCUT2D eigenvalue weighted by Crippen LogP contribution is -2.37. The van der Waals surface area contributed by atoms with E-state index in [-0.39, 0.29) is 49.8 Å². The Balaban J connectivity index is 0. The van der Waals surface area contributed by atoms with Gasteiger partial charge in [0.25, 0.3) is 0 Å². The molecule has 0 aliphatic heterocycles. The molecule has 0 aromatic carbocycles. The molecule has 0 saturated carbocycles. The average Bonchev–Trinajstić information content (AvgIpc) is 3.03. The van der Waals surface area contributed by atoms with E-state index in [1.165, 1.54) is 128 Å². The molecule has 0 bridgehead atoms. The minimum absolute atomic E-state index is 0. The fourth-order valence-corrected chi connectivity index (χ4v) is 7.27. The fourth-order valence-electron chi connectivity index (χ4n) is 6.58. The van der Waals surface area contributed by atoms with Gasteiger partial charge in [0.1, 0.15) is 11.6 Å². The molecular weight excluding hydrogens is 626 g/mol. The van der Waals surface area contributed by atoms with Gasteiger partial charge in [-0.15, -0.1) is 0 Å². The van der Waals surface area contributed by atoms with Crippen molar-refractivity contribution in [3.63, 3.8) is 0 Å². The monoisotopic (exact) mass is 706 g/mol. The highest BCUT2D eigenvalue weighted by molar-refractivity contribution is 7.80. The maximum atomic E-state index is 12.6. The molecule has 5 N–H and O–H groups in total. The van der Waals surface area contributed by atoms with Crippen molar-refractivity contribution in [1.29, 1.82) is 0 Å². The largest absolute Gasteiger partial charge is 0.726 e. The SMILES string of the molecule is CCCCCCCCCCCCCCCC(=O)CCC(CCO)(CCC(=O)CCCCCCCCCCCCCCC)OS(=O)(=O)[O-].[NH4+]. The quantitative estimate of drug-likeness (QED) is 0.0367. The summed E-state index contributed by atoms with van der Waals surface area (Å²) in [6.07, 6.45) is 32.8. The smallest absolute Gasteiger partial charge is 0.218 e. The zero-order valence-corrected chi connectivity index (χ0v) is 32.7. The highest BCUT2D eigenvalue weighted by Crippen LogP contribution is 2.31. The normalized spacial score (nSPS) is 11.9. The molecule has 0 rings (SSSR count). The average molecular weight is 706 g/mol. The third kappa shape index (κ3) is 33.6. The zero-order chi connectivity index (χ0) is 34.9. The van der Waals surface area contributed by atoms with Crippen molar-refractivity contribution < 1.29 is 31.8 Å². The van der Waals surface area contributed by atoms with E-state index in [4.69, 9.17) is 4.18 Å². The van der Waals surface area contributed by atoms with Crippen LogP contribution in [0.25, 0.3) is 0 Å². The van der Waals surface area contributed by atoms with E-state index in [1.54, 1.807) is 0 Å². The summed E-state index contributed by atoms with van der Waals surface area (Å²) in [4.78, 5) is 25.3. The van der Waals surface area contributed by atoms with Gasteiger partial charge < -0.3 is 15.8 Å². The zero-order valence-electron chi connectivity index (χ0n) is 31.8. The Morgan fingerprint density at radius 3 is 1.02 bits per heavy atom. The van der Waals surface area contributed by atoms with Crippen molar-refractivity contribution >= 4 is 22.0 Å². The summed E-state index contributed by atoms with van der Waals surface area (Å²) in [5.41, 5.74) is -1.52. The van der Waals surface area contributed by atoms with Crippen molar-refractivity contribution in [2.75, 3.05) is 6.61 Å². The molecule has 0 amide bonds. The van der Waals surface area contributed by atoms with E-state index in [0.717, 1.165) is 38.5 Å². The minimum atomic E-state index is -5.07. The Morgan fingerprint density at radius 2 is 0.771 bits per heavy atom. The number of carbonyl (C=O) groups excluding carboxylic acids is 2. The lowest BCUT2D eigenvalue weighted by molar-refractivity contribution is -0.121. The maximum Gasteiger partial charge on any atom is 0.218 e. The third-order valence-corrected chi connectivity index (χ3v) is 10.2. The number of unbranched alkanes of at least 4 members (excludes halogenated alkanes) is 24. The summed E-state index contributed by atoms with van der Waals surface area (Å²) >= 11 is 0. The van der Waals surface area contributed by atoms with Gasteiger partial charge >= 0.3 is 0 Å². The number of ketones is 2. The predicted molar refractivity (Wildman–Crippen MR) is 200 cm³/mol. The lowest BCUT2D eigenvalue weighted by Gasteiger charge is -2.33. The molecule has 0 aliphatic carbocycles. The van der Waals surface area contributed by atoms with Crippen molar-refractivity contribution in [2.24, 2.45) is 0 Å². The van der Waals surface area contributed by atoms with E-state index in [9.17, 15) is 27.7 Å². The first-order valence-electron chi connectivity index (χ1n) is 20.0. The first kappa shape index (κ1) is 49.2. The van der Waals surface area contributed by atoms with Crippen LogP contribution in [0, 0.1) is 0 Å². The molecule has 9 heteroatoms. The van der Waals surface area contributed by atoms with E-state index >= 15 is 0 Å². The van der Waals surface area contributed by atoms with Crippen molar-refractivity contribution in [1.82, 2.24) is 6.15 Å². The van der Waals surface area contributed by atoms with Gasteiger partial charge in [0.05, 0.1) is 5.60 Å². The van der Waals surface area contributed by atoms with Crippen LogP contribution >= 0.6 is 0 Å². The Labute approximate surface area is 297 Å². The summed E-state index contributed by atoms with van der Waals surface area (Å²) < 4.78 is 39.8. The van der Waals surface area contributed by atoms with Crippen LogP contribution in [0.1, 0.15) is 226 Å². The van der Waals surface area contributed by atoms with Gasteiger partial charge in [0, 0.05) is 38.7 Å². The van der Waals surface area contributed by atoms with Gasteiger partial charge in [-0.05, 0) is 25.7 Å². The number of carbonyl (C=O) groups is 2. The second-order valence-corrected chi connectivity index (χ2v) is 15.2. The predicted octanol–water partition coefficient (Wildman–Crippen LogP) is 11.6. The number of rotatable bonds is 38. The summed E-state index contributed by atoms with van der Waals surface area (Å²) in [5.74, 6) is 0.00108. The van der Waals surface area contributed by atoms with Gasteiger partial charge in [0.2, 0.25) is 10.4 Å². The van der Waals surface area contributed by atoms with Crippen LogP contribution in [-0.4, -0.2) is 41.9 Å². The Hall–Kier alpha value is -0.870. The molecule has 0 spiro atoms. The van der Waals surface area contributed by atoms with Gasteiger partial charge in [-0.2, -0.15) is 0 Å². The van der Waals surface area contributed by atoms with E-state index in [0.29, 0.717) is 12.8 Å². The number of Topliss-reactive ketones (excluding diaryl/α,β-unsaturated/α-hetero) is 2. The van der Waals surface area contributed by atoms with Crippen LogP contribution in [0.2, 0.25) is 0 Å². The third-order valence-electron chi connectivity index (χ3n) is 9.68. The number of aliphatic hydroxyl groups excluding tert-OH is 1. The Bertz CT molecular complexity index is 788.